The van der Waals surface area contributed by atoms with Crippen LogP contribution in [0.2, 0.25) is 5.02 Å². The molecule has 0 unspecified atom stereocenters. The molecule has 1 heterocycles. The summed E-state index contributed by atoms with van der Waals surface area (Å²) in [4.78, 5) is 25.3. The van der Waals surface area contributed by atoms with Gasteiger partial charge in [0.2, 0.25) is 0 Å². The Morgan fingerprint density at radius 2 is 1.83 bits per heavy atom. The number of carbonyl (C=O) groups is 1. The predicted octanol–water partition coefficient (Wildman–Crippen LogP) is 5.75. The summed E-state index contributed by atoms with van der Waals surface area (Å²) in [6, 6.07) is 12.3. The molecule has 0 spiro atoms. The number of hydrogen-bond acceptors (Lipinski definition) is 4. The van der Waals surface area contributed by atoms with E-state index in [0.717, 1.165) is 36.6 Å². The van der Waals surface area contributed by atoms with Gasteiger partial charge in [0, 0.05) is 11.4 Å². The van der Waals surface area contributed by atoms with E-state index in [2.05, 4.69) is 16.0 Å². The highest BCUT2D eigenvalue weighted by Gasteiger charge is 2.22. The summed E-state index contributed by atoms with van der Waals surface area (Å²) >= 11 is 6.20. The lowest BCUT2D eigenvalue weighted by molar-refractivity contribution is 0.262. The highest BCUT2D eigenvalue weighted by Crippen LogP contribution is 2.32. The first-order valence-electron chi connectivity index (χ1n) is 9.68. The largest absolute Gasteiger partial charge is 0.421 e. The van der Waals surface area contributed by atoms with Gasteiger partial charge in [-0.25, -0.2) is 9.59 Å². The van der Waals surface area contributed by atoms with Gasteiger partial charge in [0.1, 0.15) is 5.58 Å². The third kappa shape index (κ3) is 4.22. The van der Waals surface area contributed by atoms with E-state index < -0.39 is 11.7 Å². The third-order valence-corrected chi connectivity index (χ3v) is 5.44. The van der Waals surface area contributed by atoms with Gasteiger partial charge in [-0.15, -0.1) is 0 Å². The van der Waals surface area contributed by atoms with E-state index in [1.165, 1.54) is 0 Å². The Balaban J connectivity index is 1.67. The fourth-order valence-electron chi connectivity index (χ4n) is 3.68. The average Bonchev–Trinajstić information content (AvgIpc) is 3.20. The molecule has 3 aromatic rings. The fourth-order valence-corrected chi connectivity index (χ4v) is 3.96. The molecule has 4 rings (SSSR count). The Kier molecular flexibility index (Phi) is 5.45. The number of benzene rings is 2. The molecule has 7 heteroatoms. The fraction of sp³-hybridized carbons (Fsp3) is 0.273. The second-order valence-electron chi connectivity index (χ2n) is 7.32. The second kappa shape index (κ2) is 8.17. The molecule has 3 N–H and O–H groups in total. The number of aryl methyl sites for hydroxylation is 1. The molecule has 0 saturated heterocycles. The number of anilines is 3. The Morgan fingerprint density at radius 1 is 1.07 bits per heavy atom. The highest BCUT2D eigenvalue weighted by atomic mass is 35.5. The van der Waals surface area contributed by atoms with E-state index in [1.807, 2.05) is 31.2 Å². The van der Waals surface area contributed by atoms with Crippen LogP contribution in [0.3, 0.4) is 0 Å². The van der Waals surface area contributed by atoms with Crippen molar-refractivity contribution in [3.63, 3.8) is 0 Å². The van der Waals surface area contributed by atoms with Gasteiger partial charge in [-0.1, -0.05) is 42.6 Å². The molecule has 2 amide bonds. The molecule has 1 fully saturated rings. The molecule has 2 aromatic carbocycles. The first-order valence-corrected chi connectivity index (χ1v) is 10.1. The van der Waals surface area contributed by atoms with Crippen LogP contribution in [-0.2, 0) is 0 Å². The summed E-state index contributed by atoms with van der Waals surface area (Å²) in [5.74, 6) is 0. The standard InChI is InChI=1S/C22H22ClN3O3/c1-13-10-11-17(16(23)12-13)25-22(28)26-20-19(24-14-6-2-3-7-14)15-8-4-5-9-18(15)29-21(20)27/h4-5,8-12,14,24H,2-3,6-7H2,1H3,(H2,25,26,28). The maximum atomic E-state index is 12.7. The molecule has 1 saturated carbocycles. The zero-order chi connectivity index (χ0) is 20.4. The number of urea groups is 1. The average molecular weight is 412 g/mol. The van der Waals surface area contributed by atoms with Crippen molar-refractivity contribution in [1.29, 1.82) is 0 Å². The van der Waals surface area contributed by atoms with Crippen LogP contribution in [-0.4, -0.2) is 12.1 Å². The molecule has 0 atom stereocenters. The van der Waals surface area contributed by atoms with Gasteiger partial charge in [0.05, 0.1) is 16.4 Å². The van der Waals surface area contributed by atoms with E-state index in [1.54, 1.807) is 18.2 Å². The Morgan fingerprint density at radius 3 is 2.59 bits per heavy atom. The molecule has 1 aliphatic carbocycles. The first-order chi connectivity index (χ1) is 14.0. The molecule has 1 aliphatic rings. The van der Waals surface area contributed by atoms with Crippen LogP contribution in [0, 0.1) is 6.92 Å². The summed E-state index contributed by atoms with van der Waals surface area (Å²) in [6.45, 7) is 1.91. The van der Waals surface area contributed by atoms with Crippen LogP contribution < -0.4 is 21.6 Å². The van der Waals surface area contributed by atoms with Crippen molar-refractivity contribution in [2.45, 2.75) is 38.6 Å². The summed E-state index contributed by atoms with van der Waals surface area (Å²) < 4.78 is 5.42. The van der Waals surface area contributed by atoms with Crippen LogP contribution in [0.15, 0.2) is 51.7 Å². The van der Waals surface area contributed by atoms with Crippen molar-refractivity contribution in [2.75, 3.05) is 16.0 Å². The van der Waals surface area contributed by atoms with Crippen molar-refractivity contribution >= 4 is 45.7 Å². The highest BCUT2D eigenvalue weighted by molar-refractivity contribution is 6.33. The van der Waals surface area contributed by atoms with Gasteiger partial charge in [0.25, 0.3) is 0 Å². The number of hydrogen-bond donors (Lipinski definition) is 3. The summed E-state index contributed by atoms with van der Waals surface area (Å²) in [6.07, 6.45) is 4.34. The third-order valence-electron chi connectivity index (χ3n) is 5.13. The SMILES string of the molecule is Cc1ccc(NC(=O)Nc2c(NC3CCCC3)c3ccccc3oc2=O)c(Cl)c1. The maximum Gasteiger partial charge on any atom is 0.362 e. The lowest BCUT2D eigenvalue weighted by atomic mass is 10.1. The van der Waals surface area contributed by atoms with E-state index in [0.29, 0.717) is 22.0 Å². The molecular weight excluding hydrogens is 390 g/mol. The lowest BCUT2D eigenvalue weighted by Gasteiger charge is -2.19. The van der Waals surface area contributed by atoms with Gasteiger partial charge >= 0.3 is 11.7 Å². The number of nitrogens with one attached hydrogen (secondary N) is 3. The number of fused-ring (bicyclic) bond motifs is 1. The minimum atomic E-state index is -0.602. The van der Waals surface area contributed by atoms with Crippen LogP contribution in [0.1, 0.15) is 31.2 Å². The summed E-state index contributed by atoms with van der Waals surface area (Å²) in [5.41, 5.74) is 2.01. The van der Waals surface area contributed by atoms with Crippen molar-refractivity contribution in [2.24, 2.45) is 0 Å². The number of amides is 2. The first kappa shape index (κ1) is 19.3. The normalized spacial score (nSPS) is 14.1. The quantitative estimate of drug-likeness (QED) is 0.477. The van der Waals surface area contributed by atoms with Crippen LogP contribution >= 0.6 is 11.6 Å². The van der Waals surface area contributed by atoms with Crippen LogP contribution in [0.25, 0.3) is 11.0 Å². The molecule has 150 valence electrons. The van der Waals surface area contributed by atoms with Crippen molar-refractivity contribution < 1.29 is 9.21 Å². The monoisotopic (exact) mass is 411 g/mol. The molecule has 29 heavy (non-hydrogen) atoms. The van der Waals surface area contributed by atoms with Crippen molar-refractivity contribution in [3.05, 3.63) is 63.5 Å². The Bertz CT molecular complexity index is 1120. The van der Waals surface area contributed by atoms with Crippen LogP contribution in [0.5, 0.6) is 0 Å². The number of rotatable bonds is 4. The molecule has 0 aliphatic heterocycles. The molecule has 1 aromatic heterocycles. The lowest BCUT2D eigenvalue weighted by Crippen LogP contribution is -2.26. The van der Waals surface area contributed by atoms with Gasteiger partial charge in [-0.05, 0) is 49.6 Å². The minimum absolute atomic E-state index is 0.0938. The minimum Gasteiger partial charge on any atom is -0.421 e. The van der Waals surface area contributed by atoms with E-state index >= 15 is 0 Å². The van der Waals surface area contributed by atoms with Crippen LogP contribution in [0.4, 0.5) is 21.9 Å². The number of halogens is 1. The number of carbonyl (C=O) groups excluding carboxylic acids is 1. The van der Waals surface area contributed by atoms with E-state index in [9.17, 15) is 9.59 Å². The molecule has 6 nitrogen and oxygen atoms in total. The zero-order valence-electron chi connectivity index (χ0n) is 16.0. The van der Waals surface area contributed by atoms with Gasteiger partial charge in [-0.2, -0.15) is 0 Å². The molecule has 0 bridgehead atoms. The zero-order valence-corrected chi connectivity index (χ0v) is 16.8. The predicted molar refractivity (Wildman–Crippen MR) is 117 cm³/mol. The Labute approximate surface area is 173 Å². The van der Waals surface area contributed by atoms with Gasteiger partial charge in [0.15, 0.2) is 5.69 Å². The van der Waals surface area contributed by atoms with Crippen molar-refractivity contribution in [3.8, 4) is 0 Å². The van der Waals surface area contributed by atoms with Crippen molar-refractivity contribution in [1.82, 2.24) is 0 Å². The summed E-state index contributed by atoms with van der Waals surface area (Å²) in [5, 5.41) is 9.98. The molecular formula is C22H22ClN3O3. The maximum absolute atomic E-state index is 12.7. The van der Waals surface area contributed by atoms with Gasteiger partial charge < -0.3 is 15.1 Å². The van der Waals surface area contributed by atoms with E-state index in [4.69, 9.17) is 16.0 Å². The van der Waals surface area contributed by atoms with E-state index in [-0.39, 0.29) is 11.7 Å². The number of para-hydroxylation sites is 1. The second-order valence-corrected chi connectivity index (χ2v) is 7.73. The van der Waals surface area contributed by atoms with Gasteiger partial charge in [-0.3, -0.25) is 5.32 Å². The summed E-state index contributed by atoms with van der Waals surface area (Å²) in [7, 11) is 0. The topological polar surface area (TPSA) is 83.4 Å². The Hall–Kier alpha value is -2.99. The molecule has 0 radical (unpaired) electrons. The smallest absolute Gasteiger partial charge is 0.362 e.